The maximum absolute atomic E-state index is 10.3. The predicted octanol–water partition coefficient (Wildman–Crippen LogP) is 0.788. The summed E-state index contributed by atoms with van der Waals surface area (Å²) >= 11 is 0. The van der Waals surface area contributed by atoms with Gasteiger partial charge in [-0.3, -0.25) is 0 Å². The van der Waals surface area contributed by atoms with E-state index >= 15 is 0 Å². The highest BCUT2D eigenvalue weighted by Crippen LogP contribution is 2.48. The Kier molecular flexibility index (Phi) is 4.77. The standard InChI is InChI=1S/C14H21NO5/c1-2-9(16)4-3-8-5-10-11(14(8)19)6-12(10)15-20-7-13(17)18/h3-4,8-11,14,16,19H,2,5-7H2,1H3,(H,17,18)/t8?,9?,10-,11+,14?/m0/s1. The normalized spacial score (nSPS) is 35.9. The lowest BCUT2D eigenvalue weighted by Gasteiger charge is -2.33. The van der Waals surface area contributed by atoms with Crippen molar-refractivity contribution in [1.82, 2.24) is 0 Å². The van der Waals surface area contributed by atoms with E-state index in [0.717, 1.165) is 12.1 Å². The van der Waals surface area contributed by atoms with Gasteiger partial charge in [-0.15, -0.1) is 0 Å². The molecule has 0 radical (unpaired) electrons. The minimum atomic E-state index is -1.05. The number of fused-ring (bicyclic) bond motifs is 1. The van der Waals surface area contributed by atoms with Crippen molar-refractivity contribution in [3.63, 3.8) is 0 Å². The first-order valence-electron chi connectivity index (χ1n) is 6.97. The molecule has 0 aromatic carbocycles. The third kappa shape index (κ3) is 3.19. The summed E-state index contributed by atoms with van der Waals surface area (Å²) < 4.78 is 0. The van der Waals surface area contributed by atoms with Crippen LogP contribution in [0.2, 0.25) is 0 Å². The number of hydrogen-bond donors (Lipinski definition) is 3. The van der Waals surface area contributed by atoms with Crippen LogP contribution in [0.1, 0.15) is 26.2 Å². The fourth-order valence-corrected chi connectivity index (χ4v) is 2.92. The number of carboxylic acids is 1. The number of oxime groups is 1. The molecule has 0 spiro atoms. The van der Waals surface area contributed by atoms with Crippen molar-refractivity contribution in [2.45, 2.75) is 38.4 Å². The molecule has 0 heterocycles. The Bertz CT molecular complexity index is 420. The van der Waals surface area contributed by atoms with Crippen LogP contribution in [0, 0.1) is 17.8 Å². The fourth-order valence-electron chi connectivity index (χ4n) is 2.92. The van der Waals surface area contributed by atoms with Gasteiger partial charge in [0, 0.05) is 11.8 Å². The molecule has 0 amide bonds. The zero-order valence-electron chi connectivity index (χ0n) is 11.5. The van der Waals surface area contributed by atoms with Crippen LogP contribution in [0.15, 0.2) is 17.3 Å². The van der Waals surface area contributed by atoms with Crippen molar-refractivity contribution in [2.24, 2.45) is 22.9 Å². The maximum Gasteiger partial charge on any atom is 0.344 e. The third-order valence-electron chi connectivity index (χ3n) is 4.16. The predicted molar refractivity (Wildman–Crippen MR) is 72.2 cm³/mol. The van der Waals surface area contributed by atoms with Crippen LogP contribution in [0.3, 0.4) is 0 Å². The van der Waals surface area contributed by atoms with E-state index in [2.05, 4.69) is 5.16 Å². The second kappa shape index (κ2) is 6.37. The number of carboxylic acid groups (broad SMARTS) is 1. The molecular formula is C14H21NO5. The minimum Gasteiger partial charge on any atom is -0.479 e. The van der Waals surface area contributed by atoms with Crippen LogP contribution >= 0.6 is 0 Å². The summed E-state index contributed by atoms with van der Waals surface area (Å²) in [5, 5.41) is 32.0. The van der Waals surface area contributed by atoms with Crippen LogP contribution < -0.4 is 0 Å². The molecule has 0 aliphatic heterocycles. The molecule has 3 unspecified atom stereocenters. The third-order valence-corrected chi connectivity index (χ3v) is 4.16. The molecule has 20 heavy (non-hydrogen) atoms. The van der Waals surface area contributed by atoms with Crippen molar-refractivity contribution < 1.29 is 25.0 Å². The van der Waals surface area contributed by atoms with Crippen molar-refractivity contribution >= 4 is 11.7 Å². The zero-order chi connectivity index (χ0) is 14.7. The van der Waals surface area contributed by atoms with E-state index in [9.17, 15) is 15.0 Å². The average Bonchev–Trinajstić information content (AvgIpc) is 2.63. The monoisotopic (exact) mass is 283 g/mol. The number of rotatable bonds is 6. The first-order chi connectivity index (χ1) is 9.52. The average molecular weight is 283 g/mol. The molecule has 2 fully saturated rings. The van der Waals surface area contributed by atoms with Gasteiger partial charge in [0.2, 0.25) is 6.61 Å². The molecule has 6 heteroatoms. The Labute approximate surface area is 117 Å². The quantitative estimate of drug-likeness (QED) is 0.494. The number of nitrogens with zero attached hydrogens (tertiary/aromatic N) is 1. The summed E-state index contributed by atoms with van der Waals surface area (Å²) in [5.41, 5.74) is 0.835. The lowest BCUT2D eigenvalue weighted by Crippen LogP contribution is -2.38. The second-order valence-electron chi connectivity index (χ2n) is 5.47. The largest absolute Gasteiger partial charge is 0.479 e. The van der Waals surface area contributed by atoms with E-state index in [0.29, 0.717) is 12.8 Å². The van der Waals surface area contributed by atoms with Gasteiger partial charge < -0.3 is 20.2 Å². The summed E-state index contributed by atoms with van der Waals surface area (Å²) in [6, 6.07) is 0. The number of aliphatic hydroxyl groups is 2. The molecule has 2 aliphatic carbocycles. The van der Waals surface area contributed by atoms with E-state index in [1.807, 2.05) is 13.0 Å². The van der Waals surface area contributed by atoms with Crippen molar-refractivity contribution in [2.75, 3.05) is 6.61 Å². The molecule has 2 rings (SSSR count). The van der Waals surface area contributed by atoms with Gasteiger partial charge in [-0.25, -0.2) is 4.79 Å². The van der Waals surface area contributed by atoms with Gasteiger partial charge in [0.15, 0.2) is 0 Å². The molecule has 5 atom stereocenters. The van der Waals surface area contributed by atoms with Gasteiger partial charge in [0.1, 0.15) is 0 Å². The molecule has 3 N–H and O–H groups in total. The Balaban J connectivity index is 1.88. The van der Waals surface area contributed by atoms with Crippen molar-refractivity contribution in [1.29, 1.82) is 0 Å². The lowest BCUT2D eigenvalue weighted by atomic mass is 9.73. The molecule has 0 aromatic rings. The lowest BCUT2D eigenvalue weighted by molar-refractivity contribution is -0.142. The van der Waals surface area contributed by atoms with Crippen LogP contribution in [0.25, 0.3) is 0 Å². The molecule has 0 aromatic heterocycles. The molecule has 0 bridgehead atoms. The maximum atomic E-state index is 10.3. The summed E-state index contributed by atoms with van der Waals surface area (Å²) in [6.07, 6.45) is 4.82. The topological polar surface area (TPSA) is 99.4 Å². The SMILES string of the molecule is CCC(O)C=CC1C[C@@H]2C(=NOCC(=O)O)C[C@H]2C1O. The Morgan fingerprint density at radius 2 is 2.35 bits per heavy atom. The Morgan fingerprint density at radius 1 is 1.60 bits per heavy atom. The Morgan fingerprint density at radius 3 is 3.00 bits per heavy atom. The van der Waals surface area contributed by atoms with E-state index in [-0.39, 0.29) is 17.8 Å². The first-order valence-corrected chi connectivity index (χ1v) is 6.97. The molecular weight excluding hydrogens is 262 g/mol. The van der Waals surface area contributed by atoms with Crippen LogP contribution in [-0.4, -0.2) is 45.8 Å². The van der Waals surface area contributed by atoms with Gasteiger partial charge >= 0.3 is 5.97 Å². The highest BCUT2D eigenvalue weighted by Gasteiger charge is 2.51. The molecule has 2 aliphatic rings. The van der Waals surface area contributed by atoms with E-state index < -0.39 is 24.8 Å². The minimum absolute atomic E-state index is 0.0263. The second-order valence-corrected chi connectivity index (χ2v) is 5.47. The van der Waals surface area contributed by atoms with E-state index in [1.54, 1.807) is 6.08 Å². The van der Waals surface area contributed by atoms with Crippen molar-refractivity contribution in [3.8, 4) is 0 Å². The van der Waals surface area contributed by atoms with Gasteiger partial charge in [0.05, 0.1) is 17.9 Å². The van der Waals surface area contributed by atoms with Crippen molar-refractivity contribution in [3.05, 3.63) is 12.2 Å². The first kappa shape index (κ1) is 15.0. The summed E-state index contributed by atoms with van der Waals surface area (Å²) in [7, 11) is 0. The molecule has 112 valence electrons. The Hall–Kier alpha value is -1.40. The summed E-state index contributed by atoms with van der Waals surface area (Å²) in [5.74, 6) is -0.674. The number of hydrogen-bond acceptors (Lipinski definition) is 5. The van der Waals surface area contributed by atoms with E-state index in [1.165, 1.54) is 0 Å². The van der Waals surface area contributed by atoms with Gasteiger partial charge in [0.25, 0.3) is 0 Å². The highest BCUT2D eigenvalue weighted by atomic mass is 16.6. The number of aliphatic carboxylic acids is 1. The number of aliphatic hydroxyl groups excluding tert-OH is 2. The van der Waals surface area contributed by atoms with Crippen LogP contribution in [0.4, 0.5) is 0 Å². The zero-order valence-corrected chi connectivity index (χ0v) is 11.5. The smallest absolute Gasteiger partial charge is 0.344 e. The summed E-state index contributed by atoms with van der Waals surface area (Å²) in [4.78, 5) is 15.1. The fraction of sp³-hybridized carbons (Fsp3) is 0.714. The van der Waals surface area contributed by atoms with Crippen LogP contribution in [0.5, 0.6) is 0 Å². The molecule has 0 saturated heterocycles. The van der Waals surface area contributed by atoms with Gasteiger partial charge in [-0.05, 0) is 25.2 Å². The molecule has 2 saturated carbocycles. The molecule has 6 nitrogen and oxygen atoms in total. The number of carbonyl (C=O) groups is 1. The highest BCUT2D eigenvalue weighted by molar-refractivity contribution is 5.93. The summed E-state index contributed by atoms with van der Waals surface area (Å²) in [6.45, 7) is 1.46. The van der Waals surface area contributed by atoms with Gasteiger partial charge in [-0.2, -0.15) is 0 Å². The van der Waals surface area contributed by atoms with Crippen LogP contribution in [-0.2, 0) is 9.63 Å². The van der Waals surface area contributed by atoms with E-state index in [4.69, 9.17) is 9.94 Å². The van der Waals surface area contributed by atoms with Gasteiger partial charge in [-0.1, -0.05) is 24.2 Å².